The molecule has 7 nitrogen and oxygen atoms in total. The molecule has 0 fully saturated rings. The summed E-state index contributed by atoms with van der Waals surface area (Å²) >= 11 is 1.10. The summed E-state index contributed by atoms with van der Waals surface area (Å²) < 4.78 is 31.4. The predicted molar refractivity (Wildman–Crippen MR) is 97.7 cm³/mol. The van der Waals surface area contributed by atoms with Gasteiger partial charge < -0.3 is 10.1 Å². The van der Waals surface area contributed by atoms with Crippen LogP contribution in [0.4, 0.5) is 14.5 Å². The van der Waals surface area contributed by atoms with Crippen LogP contribution in [0.3, 0.4) is 0 Å². The quantitative estimate of drug-likeness (QED) is 0.310. The number of benzene rings is 2. The van der Waals surface area contributed by atoms with Gasteiger partial charge in [0.2, 0.25) is 0 Å². The van der Waals surface area contributed by atoms with E-state index in [9.17, 15) is 28.5 Å². The Balaban J connectivity index is 1.75. The molecule has 0 aliphatic carbocycles. The first kappa shape index (κ1) is 21.3. The van der Waals surface area contributed by atoms with Crippen molar-refractivity contribution in [3.63, 3.8) is 0 Å². The third-order valence-electron chi connectivity index (χ3n) is 3.57. The summed E-state index contributed by atoms with van der Waals surface area (Å²) in [5, 5.41) is 13.0. The molecule has 0 unspecified atom stereocenters. The highest BCUT2D eigenvalue weighted by Crippen LogP contribution is 2.21. The minimum atomic E-state index is -0.788. The molecule has 0 heterocycles. The Morgan fingerprint density at radius 2 is 1.89 bits per heavy atom. The zero-order chi connectivity index (χ0) is 20.7. The smallest absolute Gasteiger partial charge is 0.316 e. The minimum absolute atomic E-state index is 0.0599. The molecule has 0 saturated carbocycles. The fraction of sp³-hybridized carbons (Fsp3) is 0.222. The number of hydrogen-bond acceptors (Lipinski definition) is 6. The third kappa shape index (κ3) is 6.31. The fourth-order valence-corrected chi connectivity index (χ4v) is 2.90. The maximum Gasteiger partial charge on any atom is 0.316 e. The van der Waals surface area contributed by atoms with Crippen LogP contribution < -0.4 is 5.32 Å². The van der Waals surface area contributed by atoms with E-state index in [-0.39, 0.29) is 17.0 Å². The van der Waals surface area contributed by atoms with Gasteiger partial charge in [-0.25, -0.2) is 8.78 Å². The van der Waals surface area contributed by atoms with Gasteiger partial charge in [-0.1, -0.05) is 6.07 Å². The van der Waals surface area contributed by atoms with Crippen molar-refractivity contribution in [3.05, 3.63) is 69.8 Å². The van der Waals surface area contributed by atoms with E-state index in [1.165, 1.54) is 37.3 Å². The summed E-state index contributed by atoms with van der Waals surface area (Å²) in [5.74, 6) is -2.89. The van der Waals surface area contributed by atoms with Gasteiger partial charge in [-0.05, 0) is 25.1 Å². The molecular weight excluding hydrogens is 394 g/mol. The first-order valence-corrected chi connectivity index (χ1v) is 9.02. The highest BCUT2D eigenvalue weighted by atomic mass is 32.2. The van der Waals surface area contributed by atoms with E-state index in [1.54, 1.807) is 0 Å². The van der Waals surface area contributed by atoms with Crippen LogP contribution in [0.1, 0.15) is 18.5 Å². The van der Waals surface area contributed by atoms with Crippen molar-refractivity contribution in [1.82, 2.24) is 5.32 Å². The summed E-state index contributed by atoms with van der Waals surface area (Å²) in [4.78, 5) is 34.2. The average Bonchev–Trinajstić information content (AvgIpc) is 2.64. The number of nitro groups is 1. The number of nitro benzene ring substituents is 1. The van der Waals surface area contributed by atoms with E-state index in [1.807, 2.05) is 0 Å². The van der Waals surface area contributed by atoms with Crippen molar-refractivity contribution >= 4 is 29.3 Å². The molecule has 2 rings (SSSR count). The second-order valence-corrected chi connectivity index (χ2v) is 6.70. The van der Waals surface area contributed by atoms with Crippen molar-refractivity contribution in [2.45, 2.75) is 17.9 Å². The van der Waals surface area contributed by atoms with E-state index in [0.29, 0.717) is 11.0 Å². The van der Waals surface area contributed by atoms with Crippen LogP contribution in [-0.2, 0) is 14.3 Å². The molecule has 1 amide bonds. The van der Waals surface area contributed by atoms with Gasteiger partial charge in [-0.15, -0.1) is 11.8 Å². The molecule has 0 saturated heterocycles. The molecule has 28 heavy (non-hydrogen) atoms. The highest BCUT2D eigenvalue weighted by molar-refractivity contribution is 8.00. The lowest BCUT2D eigenvalue weighted by Gasteiger charge is -2.15. The van der Waals surface area contributed by atoms with Gasteiger partial charge in [0.15, 0.2) is 6.61 Å². The van der Waals surface area contributed by atoms with Crippen LogP contribution in [0.5, 0.6) is 0 Å². The second kappa shape index (κ2) is 9.79. The van der Waals surface area contributed by atoms with Gasteiger partial charge in [0.05, 0.1) is 16.7 Å². The number of ether oxygens (including phenoxy) is 1. The van der Waals surface area contributed by atoms with E-state index < -0.39 is 41.1 Å². The monoisotopic (exact) mass is 410 g/mol. The molecule has 2 aromatic carbocycles. The van der Waals surface area contributed by atoms with Gasteiger partial charge in [-0.3, -0.25) is 19.7 Å². The van der Waals surface area contributed by atoms with Crippen molar-refractivity contribution in [2.24, 2.45) is 0 Å². The number of hydrogen-bond donors (Lipinski definition) is 1. The topological polar surface area (TPSA) is 98.5 Å². The summed E-state index contributed by atoms with van der Waals surface area (Å²) in [6, 6.07) is 7.92. The molecule has 2 aromatic rings. The number of amides is 1. The number of thioether (sulfide) groups is 1. The predicted octanol–water partition coefficient (Wildman–Crippen LogP) is 3.39. The highest BCUT2D eigenvalue weighted by Gasteiger charge is 2.16. The standard InChI is InChI=1S/C18H16F2N2O5S/c1-11(15-7-2-12(19)8-16(15)20)21-17(23)9-27-18(24)10-28-14-5-3-13(4-6-14)22(25)26/h2-8,11H,9-10H2,1H3,(H,21,23)/t11-/m0/s1. The van der Waals surface area contributed by atoms with Crippen LogP contribution >= 0.6 is 11.8 Å². The lowest BCUT2D eigenvalue weighted by atomic mass is 10.1. The number of carbonyl (C=O) groups is 2. The molecule has 1 atom stereocenters. The number of carbonyl (C=O) groups excluding carboxylic acids is 2. The number of rotatable bonds is 8. The molecule has 0 spiro atoms. The Labute approximate surface area is 163 Å². The average molecular weight is 410 g/mol. The molecule has 0 radical (unpaired) electrons. The summed E-state index contributed by atoms with van der Waals surface area (Å²) in [7, 11) is 0. The van der Waals surface area contributed by atoms with Crippen LogP contribution in [0.25, 0.3) is 0 Å². The van der Waals surface area contributed by atoms with E-state index >= 15 is 0 Å². The maximum atomic E-state index is 13.7. The Kier molecular flexibility index (Phi) is 7.44. The summed E-state index contributed by atoms with van der Waals surface area (Å²) in [6.07, 6.45) is 0. The van der Waals surface area contributed by atoms with E-state index in [4.69, 9.17) is 4.74 Å². The molecular formula is C18H16F2N2O5S. The van der Waals surface area contributed by atoms with Gasteiger partial charge >= 0.3 is 5.97 Å². The summed E-state index contributed by atoms with van der Waals surface area (Å²) in [6.45, 7) is 0.966. The van der Waals surface area contributed by atoms with Crippen LogP contribution in [0.2, 0.25) is 0 Å². The van der Waals surface area contributed by atoms with Gasteiger partial charge in [0.25, 0.3) is 11.6 Å². The van der Waals surface area contributed by atoms with Crippen molar-refractivity contribution in [1.29, 1.82) is 0 Å². The second-order valence-electron chi connectivity index (χ2n) is 5.66. The van der Waals surface area contributed by atoms with Crippen molar-refractivity contribution in [3.8, 4) is 0 Å². The van der Waals surface area contributed by atoms with Crippen LogP contribution in [-0.4, -0.2) is 29.2 Å². The molecule has 148 valence electrons. The Hall–Kier alpha value is -3.01. The lowest BCUT2D eigenvalue weighted by molar-refractivity contribution is -0.384. The summed E-state index contributed by atoms with van der Waals surface area (Å²) in [5.41, 5.74) is 0.0464. The Bertz CT molecular complexity index is 877. The lowest BCUT2D eigenvalue weighted by Crippen LogP contribution is -2.31. The van der Waals surface area contributed by atoms with Gasteiger partial charge in [-0.2, -0.15) is 0 Å². The SMILES string of the molecule is C[C@H](NC(=O)COC(=O)CSc1ccc([N+](=O)[O-])cc1)c1ccc(F)cc1F. The van der Waals surface area contributed by atoms with Gasteiger partial charge in [0.1, 0.15) is 11.6 Å². The molecule has 0 aliphatic rings. The molecule has 0 aliphatic heterocycles. The molecule has 1 N–H and O–H groups in total. The zero-order valence-corrected chi connectivity index (χ0v) is 15.5. The number of non-ortho nitro benzene ring substituents is 1. The van der Waals surface area contributed by atoms with Crippen molar-refractivity contribution in [2.75, 3.05) is 12.4 Å². The number of esters is 1. The molecule has 0 aromatic heterocycles. The van der Waals surface area contributed by atoms with E-state index in [0.717, 1.165) is 17.8 Å². The van der Waals surface area contributed by atoms with Crippen LogP contribution in [0, 0.1) is 21.7 Å². The van der Waals surface area contributed by atoms with Gasteiger partial charge in [0, 0.05) is 28.7 Å². The van der Waals surface area contributed by atoms with E-state index in [2.05, 4.69) is 5.32 Å². The third-order valence-corrected chi connectivity index (χ3v) is 4.56. The maximum absolute atomic E-state index is 13.7. The first-order chi connectivity index (χ1) is 13.3. The Morgan fingerprint density at radius 1 is 1.21 bits per heavy atom. The molecule has 0 bridgehead atoms. The minimum Gasteiger partial charge on any atom is -0.455 e. The van der Waals surface area contributed by atoms with Crippen molar-refractivity contribution < 1.29 is 28.0 Å². The van der Waals surface area contributed by atoms with Crippen LogP contribution in [0.15, 0.2) is 47.4 Å². The Morgan fingerprint density at radius 3 is 2.50 bits per heavy atom. The number of nitrogens with zero attached hydrogens (tertiary/aromatic N) is 1. The normalized spacial score (nSPS) is 11.5. The largest absolute Gasteiger partial charge is 0.455 e. The molecule has 10 heteroatoms. The zero-order valence-electron chi connectivity index (χ0n) is 14.7. The first-order valence-electron chi connectivity index (χ1n) is 8.03. The fourth-order valence-electron chi connectivity index (χ4n) is 2.21. The number of halogens is 2. The number of nitrogens with one attached hydrogen (secondary N) is 1.